The number of thioether (sulfide) groups is 1. The number of ether oxygens (including phenoxy) is 3. The predicted molar refractivity (Wildman–Crippen MR) is 211 cm³/mol. The summed E-state index contributed by atoms with van der Waals surface area (Å²) in [5, 5.41) is 0.0930. The van der Waals surface area contributed by atoms with E-state index in [1.807, 2.05) is 72.5 Å². The molecule has 1 aliphatic heterocycles. The number of rotatable bonds is 11. The lowest BCUT2D eigenvalue weighted by atomic mass is 9.99. The highest BCUT2D eigenvalue weighted by Gasteiger charge is 2.38. The highest BCUT2D eigenvalue weighted by Crippen LogP contribution is 2.47. The highest BCUT2D eigenvalue weighted by molar-refractivity contribution is 7.98. The van der Waals surface area contributed by atoms with E-state index >= 15 is 4.39 Å². The largest absolute Gasteiger partial charge is 0.497 e. The molecule has 0 unspecified atom stereocenters. The van der Waals surface area contributed by atoms with Crippen molar-refractivity contribution in [2.75, 3.05) is 43.4 Å². The van der Waals surface area contributed by atoms with Crippen LogP contribution in [0.1, 0.15) is 40.8 Å². The van der Waals surface area contributed by atoms with Crippen molar-refractivity contribution in [1.82, 2.24) is 19.9 Å². The molecule has 7 rings (SSSR count). The van der Waals surface area contributed by atoms with Crippen LogP contribution in [-0.4, -0.2) is 53.6 Å². The molecule has 3 aromatic carbocycles. The topological polar surface area (TPSA) is 85.7 Å². The van der Waals surface area contributed by atoms with E-state index in [9.17, 15) is 13.2 Å². The van der Waals surface area contributed by atoms with Gasteiger partial charge >= 0.3 is 6.18 Å². The van der Waals surface area contributed by atoms with Crippen LogP contribution in [0.4, 0.5) is 29.2 Å². The Labute approximate surface area is 330 Å². The van der Waals surface area contributed by atoms with Crippen molar-refractivity contribution < 1.29 is 31.8 Å². The summed E-state index contributed by atoms with van der Waals surface area (Å²) in [5.41, 5.74) is 0.716. The van der Waals surface area contributed by atoms with Gasteiger partial charge in [0.1, 0.15) is 46.3 Å². The van der Waals surface area contributed by atoms with Crippen molar-refractivity contribution in [3.8, 4) is 28.6 Å². The summed E-state index contributed by atoms with van der Waals surface area (Å²) in [6.45, 7) is 4.89. The van der Waals surface area contributed by atoms with Crippen LogP contribution in [-0.2, 0) is 19.3 Å². The van der Waals surface area contributed by atoms with E-state index in [0.29, 0.717) is 30.3 Å². The Morgan fingerprint density at radius 1 is 0.929 bits per heavy atom. The van der Waals surface area contributed by atoms with Gasteiger partial charge in [0.25, 0.3) is 0 Å². The number of nitrogens with zero attached hydrogens (tertiary/aromatic N) is 6. The van der Waals surface area contributed by atoms with Gasteiger partial charge in [0.15, 0.2) is 11.0 Å². The van der Waals surface area contributed by atoms with Crippen LogP contribution in [0.3, 0.4) is 0 Å². The molecular weight excluding hydrogens is 768 g/mol. The molecule has 0 N–H and O–H groups in total. The standard InChI is InChI=1S/C41H37ClF4N6O3S/c1-23-8-17-30(41(44,45)46)31(33(23)42)35-34(43)36-32-38(50-40(49-36)56-5)52(19-20-55-39(32)48-35)24(2)29-7-6-18-47-37(29)51(21-25-9-13-27(53-3)14-10-25)22-26-11-15-28(54-4)16-12-26/h6-18,24H,19-22H2,1-5H3/t24-/m1/s1. The van der Waals surface area contributed by atoms with E-state index < -0.39 is 34.9 Å². The molecule has 0 aliphatic carbocycles. The van der Waals surface area contributed by atoms with Gasteiger partial charge in [-0.3, -0.25) is 0 Å². The van der Waals surface area contributed by atoms with Gasteiger partial charge in [-0.05, 0) is 73.2 Å². The average Bonchev–Trinajstić information content (AvgIpc) is 3.39. The molecule has 0 radical (unpaired) electrons. The SMILES string of the molecule is COc1ccc(CN(Cc2ccc(OC)cc2)c2ncccc2[C@@H](C)N2CCOc3nc(-c4c(C(F)(F)F)ccc(C)c4Cl)c(F)c4nc(SC)nc2c34)cc1. The van der Waals surface area contributed by atoms with Crippen LogP contribution in [0, 0.1) is 12.7 Å². The number of hydrogen-bond donors (Lipinski definition) is 0. The summed E-state index contributed by atoms with van der Waals surface area (Å²) in [6, 6.07) is 21.2. The van der Waals surface area contributed by atoms with Crippen LogP contribution >= 0.6 is 23.4 Å². The Kier molecular flexibility index (Phi) is 11.1. The number of methoxy groups -OCH3 is 2. The molecule has 1 aliphatic rings. The monoisotopic (exact) mass is 804 g/mol. The summed E-state index contributed by atoms with van der Waals surface area (Å²) in [4.78, 5) is 22.8. The van der Waals surface area contributed by atoms with Crippen molar-refractivity contribution in [3.63, 3.8) is 0 Å². The van der Waals surface area contributed by atoms with E-state index in [0.717, 1.165) is 34.3 Å². The summed E-state index contributed by atoms with van der Waals surface area (Å²) in [7, 11) is 3.25. The third-order valence-corrected chi connectivity index (χ3v) is 10.7. The van der Waals surface area contributed by atoms with Gasteiger partial charge in [-0.1, -0.05) is 59.8 Å². The number of aryl methyl sites for hydroxylation is 1. The molecule has 1 atom stereocenters. The maximum absolute atomic E-state index is 16.8. The van der Waals surface area contributed by atoms with E-state index in [1.54, 1.807) is 33.6 Å². The molecule has 56 heavy (non-hydrogen) atoms. The molecule has 0 fully saturated rings. The number of halogens is 5. The van der Waals surface area contributed by atoms with Crippen molar-refractivity contribution in [3.05, 3.63) is 118 Å². The molecule has 0 amide bonds. The maximum atomic E-state index is 16.8. The second-order valence-electron chi connectivity index (χ2n) is 13.1. The lowest BCUT2D eigenvalue weighted by Gasteiger charge is -2.33. The molecule has 9 nitrogen and oxygen atoms in total. The molecule has 3 aromatic heterocycles. The summed E-state index contributed by atoms with van der Waals surface area (Å²) >= 11 is 7.66. The molecule has 4 heterocycles. The zero-order valence-electron chi connectivity index (χ0n) is 31.1. The van der Waals surface area contributed by atoms with Gasteiger partial charge in [0, 0.05) is 30.4 Å². The number of anilines is 2. The first kappa shape index (κ1) is 38.9. The normalized spacial score (nSPS) is 13.3. The molecule has 0 bridgehead atoms. The van der Waals surface area contributed by atoms with Gasteiger partial charge in [0.05, 0.1) is 37.4 Å². The fourth-order valence-electron chi connectivity index (χ4n) is 6.82. The van der Waals surface area contributed by atoms with Crippen LogP contribution in [0.25, 0.3) is 22.2 Å². The van der Waals surface area contributed by atoms with Crippen LogP contribution in [0.2, 0.25) is 5.02 Å². The number of aromatic nitrogens is 4. The van der Waals surface area contributed by atoms with E-state index in [2.05, 4.69) is 14.9 Å². The number of alkyl halides is 3. The minimum absolute atomic E-state index is 0.0627. The fourth-order valence-corrected chi connectivity index (χ4v) is 7.43. The summed E-state index contributed by atoms with van der Waals surface area (Å²) < 4.78 is 76.7. The van der Waals surface area contributed by atoms with E-state index in [-0.39, 0.29) is 40.1 Å². The zero-order valence-corrected chi connectivity index (χ0v) is 32.7. The fraction of sp³-hybridized carbons (Fsp3) is 0.268. The summed E-state index contributed by atoms with van der Waals surface area (Å²) in [5.74, 6) is 1.37. The second kappa shape index (κ2) is 16.0. The van der Waals surface area contributed by atoms with Crippen molar-refractivity contribution in [1.29, 1.82) is 0 Å². The minimum Gasteiger partial charge on any atom is -0.497 e. The van der Waals surface area contributed by atoms with Crippen LogP contribution in [0.15, 0.2) is 84.1 Å². The highest BCUT2D eigenvalue weighted by atomic mass is 35.5. The lowest BCUT2D eigenvalue weighted by molar-refractivity contribution is -0.137. The first-order valence-corrected chi connectivity index (χ1v) is 19.2. The molecule has 6 aromatic rings. The molecule has 15 heteroatoms. The quantitative estimate of drug-likeness (QED) is 0.0717. The van der Waals surface area contributed by atoms with E-state index in [1.165, 1.54) is 17.8 Å². The first-order valence-electron chi connectivity index (χ1n) is 17.6. The van der Waals surface area contributed by atoms with Crippen molar-refractivity contribution >= 4 is 45.9 Å². The van der Waals surface area contributed by atoms with Gasteiger partial charge in [-0.25, -0.2) is 24.3 Å². The van der Waals surface area contributed by atoms with Gasteiger partial charge in [-0.2, -0.15) is 13.2 Å². The van der Waals surface area contributed by atoms with Crippen molar-refractivity contribution in [2.24, 2.45) is 0 Å². The third kappa shape index (κ3) is 7.59. The Hall–Kier alpha value is -5.34. The Morgan fingerprint density at radius 2 is 1.57 bits per heavy atom. The molecule has 0 saturated carbocycles. The molecule has 0 saturated heterocycles. The van der Waals surface area contributed by atoms with Crippen LogP contribution < -0.4 is 24.0 Å². The predicted octanol–water partition coefficient (Wildman–Crippen LogP) is 10.1. The third-order valence-electron chi connectivity index (χ3n) is 9.71. The molecular formula is C41H37ClF4N6O3S. The average molecular weight is 805 g/mol. The first-order chi connectivity index (χ1) is 26.9. The Balaban J connectivity index is 1.35. The minimum atomic E-state index is -4.84. The maximum Gasteiger partial charge on any atom is 0.417 e. The summed E-state index contributed by atoms with van der Waals surface area (Å²) in [6.07, 6.45) is -1.36. The molecule has 290 valence electrons. The van der Waals surface area contributed by atoms with Gasteiger partial charge in [-0.15, -0.1) is 0 Å². The zero-order chi connectivity index (χ0) is 39.7. The van der Waals surface area contributed by atoms with Crippen molar-refractivity contribution in [2.45, 2.75) is 44.3 Å². The molecule has 0 spiro atoms. The number of hydrogen-bond acceptors (Lipinski definition) is 10. The van der Waals surface area contributed by atoms with Crippen LogP contribution in [0.5, 0.6) is 17.4 Å². The smallest absolute Gasteiger partial charge is 0.417 e. The Bertz CT molecular complexity index is 2340. The van der Waals surface area contributed by atoms with E-state index in [4.69, 9.17) is 35.8 Å². The lowest BCUT2D eigenvalue weighted by Crippen LogP contribution is -2.33. The van der Waals surface area contributed by atoms with Gasteiger partial charge in [0.2, 0.25) is 5.88 Å². The second-order valence-corrected chi connectivity index (χ2v) is 14.3. The number of pyridine rings is 2. The Morgan fingerprint density at radius 3 is 2.16 bits per heavy atom. The number of benzene rings is 3. The van der Waals surface area contributed by atoms with Gasteiger partial charge < -0.3 is 24.0 Å².